The third kappa shape index (κ3) is 3.95. The highest BCUT2D eigenvalue weighted by atomic mass is 32.2. The van der Waals surface area contributed by atoms with E-state index in [1.807, 2.05) is 55.9 Å². The number of hydrogen-bond donors (Lipinski definition) is 1. The zero-order chi connectivity index (χ0) is 19.7. The third-order valence-electron chi connectivity index (χ3n) is 5.25. The summed E-state index contributed by atoms with van der Waals surface area (Å²) in [6.07, 6.45) is 6.31. The summed E-state index contributed by atoms with van der Waals surface area (Å²) in [5, 5.41) is 8.08. The first kappa shape index (κ1) is 19.1. The largest absolute Gasteiger partial charge is 0.340 e. The maximum Gasteiger partial charge on any atom is 0.157 e. The van der Waals surface area contributed by atoms with Crippen molar-refractivity contribution < 1.29 is 4.21 Å². The van der Waals surface area contributed by atoms with E-state index in [4.69, 9.17) is 4.98 Å². The lowest BCUT2D eigenvalue weighted by atomic mass is 9.87. The van der Waals surface area contributed by atoms with E-state index in [1.165, 1.54) is 32.1 Å². The van der Waals surface area contributed by atoms with E-state index in [9.17, 15) is 4.21 Å². The molecule has 0 aliphatic heterocycles. The standard InChI is InChI=1S/C21H27N5OS/c1-15-13-20-23-19(16-7-5-4-6-8-16)14-21(26(20)24-15)22-17-9-11-18(12-10-17)28(27)25(2)3/h9-14,16,22H,4-8H2,1-3H3. The van der Waals surface area contributed by atoms with Crippen molar-refractivity contribution in [2.45, 2.75) is 49.8 Å². The van der Waals surface area contributed by atoms with Gasteiger partial charge < -0.3 is 5.32 Å². The van der Waals surface area contributed by atoms with E-state index in [0.29, 0.717) is 5.92 Å². The lowest BCUT2D eigenvalue weighted by Gasteiger charge is -2.22. The van der Waals surface area contributed by atoms with Gasteiger partial charge in [0.05, 0.1) is 10.6 Å². The Labute approximate surface area is 168 Å². The molecule has 2 aromatic heterocycles. The van der Waals surface area contributed by atoms with Crippen LogP contribution in [0, 0.1) is 6.92 Å². The van der Waals surface area contributed by atoms with Gasteiger partial charge >= 0.3 is 0 Å². The molecule has 1 N–H and O–H groups in total. The number of nitrogens with zero attached hydrogens (tertiary/aromatic N) is 4. The van der Waals surface area contributed by atoms with Crippen molar-refractivity contribution in [3.05, 3.63) is 47.8 Å². The van der Waals surface area contributed by atoms with Crippen molar-refractivity contribution in [1.29, 1.82) is 0 Å². The second-order valence-electron chi connectivity index (χ2n) is 7.67. The Kier molecular flexibility index (Phi) is 5.46. The number of anilines is 2. The molecule has 28 heavy (non-hydrogen) atoms. The first-order valence-electron chi connectivity index (χ1n) is 9.85. The average Bonchev–Trinajstić information content (AvgIpc) is 3.09. The van der Waals surface area contributed by atoms with Gasteiger partial charge in [-0.1, -0.05) is 19.3 Å². The monoisotopic (exact) mass is 397 g/mol. The van der Waals surface area contributed by atoms with Crippen LogP contribution in [0.1, 0.15) is 49.4 Å². The molecule has 3 aromatic rings. The van der Waals surface area contributed by atoms with Crippen LogP contribution in [0.2, 0.25) is 0 Å². The topological polar surface area (TPSA) is 62.5 Å². The fourth-order valence-corrected chi connectivity index (χ4v) is 4.61. The molecule has 0 spiro atoms. The molecule has 7 heteroatoms. The molecule has 1 aromatic carbocycles. The minimum absolute atomic E-state index is 0.527. The minimum Gasteiger partial charge on any atom is -0.340 e. The second-order valence-corrected chi connectivity index (χ2v) is 9.37. The molecule has 1 aliphatic carbocycles. The molecule has 0 radical (unpaired) electrons. The molecule has 1 fully saturated rings. The van der Waals surface area contributed by atoms with E-state index in [2.05, 4.69) is 16.5 Å². The second kappa shape index (κ2) is 8.01. The van der Waals surface area contributed by atoms with Crippen LogP contribution in [-0.2, 0) is 11.0 Å². The van der Waals surface area contributed by atoms with E-state index < -0.39 is 11.0 Å². The fourth-order valence-electron chi connectivity index (χ4n) is 3.82. The van der Waals surface area contributed by atoms with Crippen molar-refractivity contribution in [2.24, 2.45) is 0 Å². The van der Waals surface area contributed by atoms with Crippen molar-refractivity contribution in [3.8, 4) is 0 Å². The molecule has 1 aliphatic rings. The molecule has 2 heterocycles. The number of nitrogens with one attached hydrogen (secondary N) is 1. The van der Waals surface area contributed by atoms with E-state index in [0.717, 1.165) is 33.4 Å². The van der Waals surface area contributed by atoms with Crippen molar-refractivity contribution in [3.63, 3.8) is 0 Å². The Morgan fingerprint density at radius 1 is 1.11 bits per heavy atom. The van der Waals surface area contributed by atoms with Gasteiger partial charge in [-0.25, -0.2) is 13.5 Å². The highest BCUT2D eigenvalue weighted by molar-refractivity contribution is 7.82. The molecule has 6 nitrogen and oxygen atoms in total. The number of aryl methyl sites for hydroxylation is 1. The Morgan fingerprint density at radius 3 is 2.50 bits per heavy atom. The quantitative estimate of drug-likeness (QED) is 0.692. The molecule has 0 bridgehead atoms. The van der Waals surface area contributed by atoms with Gasteiger partial charge in [0.2, 0.25) is 0 Å². The number of hydrogen-bond acceptors (Lipinski definition) is 4. The smallest absolute Gasteiger partial charge is 0.157 e. The summed E-state index contributed by atoms with van der Waals surface area (Å²) in [6.45, 7) is 1.99. The molecule has 0 amide bonds. The lowest BCUT2D eigenvalue weighted by molar-refractivity contribution is 0.437. The van der Waals surface area contributed by atoms with Gasteiger partial charge in [-0.3, -0.25) is 0 Å². The van der Waals surface area contributed by atoms with Crippen LogP contribution in [0.3, 0.4) is 0 Å². The number of benzene rings is 1. The van der Waals surface area contributed by atoms with E-state index in [-0.39, 0.29) is 0 Å². The van der Waals surface area contributed by atoms with Crippen molar-refractivity contribution in [1.82, 2.24) is 18.9 Å². The van der Waals surface area contributed by atoms with Gasteiger partial charge in [0.25, 0.3) is 0 Å². The van der Waals surface area contributed by atoms with Gasteiger partial charge in [-0.15, -0.1) is 0 Å². The molecule has 0 saturated heterocycles. The first-order valence-corrected chi connectivity index (χ1v) is 11.0. The summed E-state index contributed by atoms with van der Waals surface area (Å²) in [7, 11) is 2.48. The minimum atomic E-state index is -1.14. The summed E-state index contributed by atoms with van der Waals surface area (Å²) >= 11 is 0. The first-order chi connectivity index (χ1) is 13.5. The van der Waals surface area contributed by atoms with Gasteiger partial charge in [0.15, 0.2) is 5.65 Å². The Bertz CT molecular complexity index is 990. The highest BCUT2D eigenvalue weighted by Crippen LogP contribution is 2.33. The number of rotatable bonds is 5. The third-order valence-corrected chi connectivity index (χ3v) is 6.59. The lowest BCUT2D eigenvalue weighted by Crippen LogP contribution is -2.15. The number of fused-ring (bicyclic) bond motifs is 1. The van der Waals surface area contributed by atoms with E-state index in [1.54, 1.807) is 4.31 Å². The Morgan fingerprint density at radius 2 is 1.82 bits per heavy atom. The van der Waals surface area contributed by atoms with E-state index >= 15 is 0 Å². The highest BCUT2D eigenvalue weighted by Gasteiger charge is 2.19. The van der Waals surface area contributed by atoms with Crippen LogP contribution >= 0.6 is 0 Å². The molecule has 4 rings (SSSR count). The van der Waals surface area contributed by atoms with Gasteiger partial charge in [0, 0.05) is 29.4 Å². The predicted octanol–water partition coefficient (Wildman–Crippen LogP) is 4.41. The number of aromatic nitrogens is 3. The van der Waals surface area contributed by atoms with Crippen molar-refractivity contribution >= 4 is 28.1 Å². The molecular formula is C21H27N5OS. The maximum absolute atomic E-state index is 12.2. The van der Waals surface area contributed by atoms with Crippen molar-refractivity contribution in [2.75, 3.05) is 19.4 Å². The molecule has 1 atom stereocenters. The molecule has 1 unspecified atom stereocenters. The summed E-state index contributed by atoms with van der Waals surface area (Å²) in [5.41, 5.74) is 3.93. The molecule has 1 saturated carbocycles. The zero-order valence-corrected chi connectivity index (χ0v) is 17.5. The van der Waals surface area contributed by atoms with Crippen LogP contribution in [0.5, 0.6) is 0 Å². The van der Waals surface area contributed by atoms with Gasteiger partial charge in [-0.2, -0.15) is 9.61 Å². The zero-order valence-electron chi connectivity index (χ0n) is 16.7. The Hall–Kier alpha value is -2.25. The summed E-state index contributed by atoms with van der Waals surface area (Å²) in [6, 6.07) is 11.9. The summed E-state index contributed by atoms with van der Waals surface area (Å²) in [4.78, 5) is 5.68. The van der Waals surface area contributed by atoms with Gasteiger partial charge in [-0.05, 0) is 58.1 Å². The summed E-state index contributed by atoms with van der Waals surface area (Å²) < 4.78 is 15.8. The van der Waals surface area contributed by atoms with Crippen LogP contribution < -0.4 is 5.32 Å². The average molecular weight is 398 g/mol. The SMILES string of the molecule is Cc1cc2nc(C3CCCCC3)cc(Nc3ccc(S(=O)N(C)C)cc3)n2n1. The Balaban J connectivity index is 1.66. The maximum atomic E-state index is 12.2. The van der Waals surface area contributed by atoms with Crippen LogP contribution in [0.25, 0.3) is 5.65 Å². The van der Waals surface area contributed by atoms with Gasteiger partial charge in [0.1, 0.15) is 16.8 Å². The van der Waals surface area contributed by atoms with Crippen LogP contribution in [0.4, 0.5) is 11.5 Å². The van der Waals surface area contributed by atoms with Crippen LogP contribution in [0.15, 0.2) is 41.3 Å². The molecule has 148 valence electrons. The fraction of sp³-hybridized carbons (Fsp3) is 0.429. The summed E-state index contributed by atoms with van der Waals surface area (Å²) in [5.74, 6) is 1.44. The van der Waals surface area contributed by atoms with Crippen LogP contribution in [-0.4, -0.2) is 37.2 Å². The predicted molar refractivity (Wildman–Crippen MR) is 113 cm³/mol. The molecular weight excluding hydrogens is 370 g/mol. The normalized spacial score (nSPS) is 16.6.